The van der Waals surface area contributed by atoms with E-state index in [9.17, 15) is 0 Å². The van der Waals surface area contributed by atoms with Crippen molar-refractivity contribution in [3.05, 3.63) is 48.2 Å². The molecule has 0 atom stereocenters. The maximum absolute atomic E-state index is 6.23. The van der Waals surface area contributed by atoms with Gasteiger partial charge in [-0.25, -0.2) is 4.98 Å². The molecule has 0 saturated carbocycles. The molecule has 0 radical (unpaired) electrons. The van der Waals surface area contributed by atoms with Gasteiger partial charge in [-0.2, -0.15) is 0 Å². The van der Waals surface area contributed by atoms with Crippen molar-refractivity contribution in [1.29, 1.82) is 0 Å². The number of fused-ring (bicyclic) bond motifs is 1. The normalized spacial score (nSPS) is 10.9. The Bertz CT molecular complexity index is 762. The maximum Gasteiger partial charge on any atom is 0.139 e. The smallest absolute Gasteiger partial charge is 0.139 e. The van der Waals surface area contributed by atoms with Crippen molar-refractivity contribution in [1.82, 2.24) is 9.38 Å². The molecule has 102 valence electrons. The molecule has 4 nitrogen and oxygen atoms in total. The van der Waals surface area contributed by atoms with Crippen LogP contribution < -0.4 is 10.5 Å². The molecule has 0 amide bonds. The Hall–Kier alpha value is -2.49. The molecule has 0 aliphatic heterocycles. The van der Waals surface area contributed by atoms with E-state index in [1.165, 1.54) is 0 Å². The molecule has 4 heteroatoms. The van der Waals surface area contributed by atoms with Crippen LogP contribution in [0.15, 0.2) is 42.6 Å². The zero-order valence-corrected chi connectivity index (χ0v) is 11.6. The van der Waals surface area contributed by atoms with Crippen LogP contribution in [-0.2, 0) is 0 Å². The summed E-state index contributed by atoms with van der Waals surface area (Å²) in [5.41, 5.74) is 9.93. The van der Waals surface area contributed by atoms with Crippen molar-refractivity contribution in [3.63, 3.8) is 0 Å². The van der Waals surface area contributed by atoms with Gasteiger partial charge in [0, 0.05) is 11.8 Å². The first-order valence-corrected chi connectivity index (χ1v) is 6.67. The fourth-order valence-corrected chi connectivity index (χ4v) is 2.31. The van der Waals surface area contributed by atoms with Crippen LogP contribution in [0.25, 0.3) is 16.9 Å². The number of nitrogens with two attached hydrogens (primary N) is 1. The van der Waals surface area contributed by atoms with Gasteiger partial charge in [-0.15, -0.1) is 0 Å². The van der Waals surface area contributed by atoms with Gasteiger partial charge in [0.05, 0.1) is 6.61 Å². The quantitative estimate of drug-likeness (QED) is 0.792. The molecule has 0 fully saturated rings. The second-order valence-corrected chi connectivity index (χ2v) is 4.71. The summed E-state index contributed by atoms with van der Waals surface area (Å²) in [6.45, 7) is 4.62. The lowest BCUT2D eigenvalue weighted by Crippen LogP contribution is -1.97. The number of hydrogen-bond donors (Lipinski definition) is 1. The highest BCUT2D eigenvalue weighted by molar-refractivity contribution is 5.79. The van der Waals surface area contributed by atoms with Gasteiger partial charge in [-0.3, -0.25) is 4.40 Å². The van der Waals surface area contributed by atoms with Crippen LogP contribution in [0.4, 0.5) is 5.82 Å². The third-order valence-electron chi connectivity index (χ3n) is 3.26. The molecule has 0 bridgehead atoms. The zero-order valence-electron chi connectivity index (χ0n) is 11.6. The Kier molecular flexibility index (Phi) is 3.06. The Morgan fingerprint density at radius 1 is 1.25 bits per heavy atom. The number of imidazole rings is 1. The van der Waals surface area contributed by atoms with E-state index >= 15 is 0 Å². The van der Waals surface area contributed by atoms with E-state index in [0.29, 0.717) is 12.4 Å². The summed E-state index contributed by atoms with van der Waals surface area (Å²) < 4.78 is 7.56. The molecular weight excluding hydrogens is 250 g/mol. The predicted molar refractivity (Wildman–Crippen MR) is 80.9 cm³/mol. The summed E-state index contributed by atoms with van der Waals surface area (Å²) in [6.07, 6.45) is 1.94. The number of para-hydroxylation sites is 1. The lowest BCUT2D eigenvalue weighted by Gasteiger charge is -2.08. The lowest BCUT2D eigenvalue weighted by atomic mass is 10.1. The number of aryl methyl sites for hydroxylation is 1. The summed E-state index contributed by atoms with van der Waals surface area (Å²) in [5.74, 6) is 1.44. The van der Waals surface area contributed by atoms with Crippen LogP contribution in [-0.4, -0.2) is 16.0 Å². The maximum atomic E-state index is 6.23. The van der Waals surface area contributed by atoms with Crippen molar-refractivity contribution < 1.29 is 4.74 Å². The topological polar surface area (TPSA) is 52.5 Å². The van der Waals surface area contributed by atoms with Gasteiger partial charge in [-0.05, 0) is 43.7 Å². The second-order valence-electron chi connectivity index (χ2n) is 4.71. The Morgan fingerprint density at radius 3 is 2.85 bits per heavy atom. The number of nitrogen functional groups attached to an aromatic ring is 1. The van der Waals surface area contributed by atoms with Gasteiger partial charge in [0.1, 0.15) is 22.9 Å². The number of benzene rings is 1. The van der Waals surface area contributed by atoms with Gasteiger partial charge in [0.25, 0.3) is 0 Å². The number of nitrogens with zero attached hydrogens (tertiary/aromatic N) is 2. The van der Waals surface area contributed by atoms with Crippen molar-refractivity contribution in [2.75, 3.05) is 12.3 Å². The summed E-state index contributed by atoms with van der Waals surface area (Å²) in [5, 5.41) is 0. The number of rotatable bonds is 3. The lowest BCUT2D eigenvalue weighted by molar-refractivity contribution is 0.341. The number of anilines is 1. The van der Waals surface area contributed by atoms with E-state index in [1.807, 2.05) is 60.8 Å². The van der Waals surface area contributed by atoms with Crippen LogP contribution in [0.1, 0.15) is 12.5 Å². The SMILES string of the molecule is CCOc1ccccc1-c1nc2cc(C)ccn2c1N. The van der Waals surface area contributed by atoms with Crippen LogP contribution in [0.5, 0.6) is 5.75 Å². The molecular formula is C16H17N3O. The van der Waals surface area contributed by atoms with Crippen molar-refractivity contribution in [2.45, 2.75) is 13.8 Å². The highest BCUT2D eigenvalue weighted by Crippen LogP contribution is 2.33. The van der Waals surface area contributed by atoms with Crippen molar-refractivity contribution >= 4 is 11.5 Å². The van der Waals surface area contributed by atoms with E-state index in [0.717, 1.165) is 28.2 Å². The van der Waals surface area contributed by atoms with Gasteiger partial charge in [0.2, 0.25) is 0 Å². The standard InChI is InChI=1S/C16H17N3O/c1-3-20-13-7-5-4-6-12(13)15-16(17)19-9-8-11(2)10-14(19)18-15/h4-10H,3,17H2,1-2H3. The largest absolute Gasteiger partial charge is 0.493 e. The molecule has 3 rings (SSSR count). The molecule has 2 aromatic heterocycles. The highest BCUT2D eigenvalue weighted by atomic mass is 16.5. The number of ether oxygens (including phenoxy) is 1. The molecule has 0 unspecified atom stereocenters. The van der Waals surface area contributed by atoms with Gasteiger partial charge in [0.15, 0.2) is 0 Å². The minimum Gasteiger partial charge on any atom is -0.493 e. The fourth-order valence-electron chi connectivity index (χ4n) is 2.31. The minimum atomic E-state index is 0.614. The molecule has 0 spiro atoms. The van der Waals surface area contributed by atoms with Gasteiger partial charge in [-0.1, -0.05) is 12.1 Å². The van der Waals surface area contributed by atoms with Crippen LogP contribution in [0, 0.1) is 6.92 Å². The number of pyridine rings is 1. The second kappa shape index (κ2) is 4.89. The van der Waals surface area contributed by atoms with Crippen LogP contribution in [0.2, 0.25) is 0 Å². The molecule has 20 heavy (non-hydrogen) atoms. The summed E-state index contributed by atoms with van der Waals surface area (Å²) in [4.78, 5) is 4.64. The first-order valence-electron chi connectivity index (χ1n) is 6.67. The average molecular weight is 267 g/mol. The Labute approximate surface area is 117 Å². The average Bonchev–Trinajstić information content (AvgIpc) is 2.76. The van der Waals surface area contributed by atoms with Crippen LogP contribution in [0.3, 0.4) is 0 Å². The minimum absolute atomic E-state index is 0.614. The molecule has 2 N–H and O–H groups in total. The van der Waals surface area contributed by atoms with Crippen LogP contribution >= 0.6 is 0 Å². The molecule has 3 aromatic rings. The monoisotopic (exact) mass is 267 g/mol. The highest BCUT2D eigenvalue weighted by Gasteiger charge is 2.15. The Morgan fingerprint density at radius 2 is 2.05 bits per heavy atom. The molecule has 0 saturated heterocycles. The van der Waals surface area contributed by atoms with E-state index in [1.54, 1.807) is 0 Å². The zero-order chi connectivity index (χ0) is 14.1. The van der Waals surface area contributed by atoms with Gasteiger partial charge < -0.3 is 10.5 Å². The van der Waals surface area contributed by atoms with Crippen molar-refractivity contribution in [3.8, 4) is 17.0 Å². The van der Waals surface area contributed by atoms with Crippen molar-refractivity contribution in [2.24, 2.45) is 0 Å². The first-order chi connectivity index (χ1) is 9.70. The van der Waals surface area contributed by atoms with E-state index in [-0.39, 0.29) is 0 Å². The van der Waals surface area contributed by atoms with E-state index in [2.05, 4.69) is 4.98 Å². The predicted octanol–water partition coefficient (Wildman–Crippen LogP) is 3.29. The third-order valence-corrected chi connectivity index (χ3v) is 3.26. The number of hydrogen-bond acceptors (Lipinski definition) is 3. The fraction of sp³-hybridized carbons (Fsp3) is 0.188. The molecule has 0 aliphatic carbocycles. The molecule has 0 aliphatic rings. The Balaban J connectivity index is 2.22. The summed E-state index contributed by atoms with van der Waals surface area (Å²) >= 11 is 0. The van der Waals surface area contributed by atoms with E-state index in [4.69, 9.17) is 10.5 Å². The number of aromatic nitrogens is 2. The van der Waals surface area contributed by atoms with E-state index < -0.39 is 0 Å². The molecule has 1 aromatic carbocycles. The molecule has 2 heterocycles. The summed E-state index contributed by atoms with van der Waals surface area (Å²) in [6, 6.07) is 11.9. The first kappa shape index (κ1) is 12.5. The summed E-state index contributed by atoms with van der Waals surface area (Å²) in [7, 11) is 0. The van der Waals surface area contributed by atoms with Gasteiger partial charge >= 0.3 is 0 Å². The third kappa shape index (κ3) is 1.99.